The van der Waals surface area contributed by atoms with Crippen LogP contribution in [0.15, 0.2) is 23.2 Å². The molecule has 20 heavy (non-hydrogen) atoms. The Morgan fingerprint density at radius 1 is 1.20 bits per heavy atom. The molecule has 1 aromatic rings. The van der Waals surface area contributed by atoms with E-state index in [1.54, 1.807) is 0 Å². The van der Waals surface area contributed by atoms with Gasteiger partial charge in [-0.05, 0) is 37.5 Å². The summed E-state index contributed by atoms with van der Waals surface area (Å²) in [6, 6.07) is 3.99. The van der Waals surface area contributed by atoms with Crippen LogP contribution in [-0.2, 0) is 5.54 Å². The Morgan fingerprint density at radius 2 is 1.80 bits per heavy atom. The molecule has 0 radical (unpaired) electrons. The van der Waals surface area contributed by atoms with Crippen LogP contribution in [0.3, 0.4) is 0 Å². The summed E-state index contributed by atoms with van der Waals surface area (Å²) in [6.45, 7) is 2.40. The molecule has 1 aliphatic carbocycles. The number of nitrogens with two attached hydrogens (primary N) is 1. The normalized spacial score (nSPS) is 27.1. The first kappa shape index (κ1) is 13.3. The highest BCUT2D eigenvalue weighted by molar-refractivity contribution is 5.81. The number of aliphatic imine (C=N–C) groups is 1. The van der Waals surface area contributed by atoms with Crippen molar-refractivity contribution in [1.29, 1.82) is 0 Å². The van der Waals surface area contributed by atoms with Gasteiger partial charge in [-0.15, -0.1) is 0 Å². The van der Waals surface area contributed by atoms with Crippen molar-refractivity contribution in [3.05, 3.63) is 35.4 Å². The van der Waals surface area contributed by atoms with Crippen LogP contribution in [0, 0.1) is 11.6 Å². The molecule has 1 unspecified atom stereocenters. The molecule has 0 bridgehead atoms. The molecule has 1 fully saturated rings. The molecule has 0 spiro atoms. The van der Waals surface area contributed by atoms with E-state index in [0.29, 0.717) is 24.1 Å². The summed E-state index contributed by atoms with van der Waals surface area (Å²) in [5, 5.41) is 0. The molecule has 2 N–H and O–H groups in total. The van der Waals surface area contributed by atoms with Crippen molar-refractivity contribution in [3.8, 4) is 0 Å². The van der Waals surface area contributed by atoms with Gasteiger partial charge in [0.2, 0.25) is 0 Å². The van der Waals surface area contributed by atoms with E-state index < -0.39 is 17.2 Å². The van der Waals surface area contributed by atoms with E-state index in [2.05, 4.69) is 9.89 Å². The number of hydrogen-bond acceptors (Lipinski definition) is 3. The van der Waals surface area contributed by atoms with Crippen LogP contribution >= 0.6 is 0 Å². The lowest BCUT2D eigenvalue weighted by Crippen LogP contribution is -2.52. The van der Waals surface area contributed by atoms with Crippen molar-refractivity contribution in [1.82, 2.24) is 4.90 Å². The predicted molar refractivity (Wildman–Crippen MR) is 74.3 cm³/mol. The quantitative estimate of drug-likeness (QED) is 0.904. The van der Waals surface area contributed by atoms with Gasteiger partial charge in [-0.25, -0.2) is 8.78 Å². The standard InChI is InChI=1S/C15H19F2N3/c1-15(10-6-11(16)8-12(17)7-10)9-19-14(18)20(15)13-4-2-3-5-13/h6-8,13H,2-5,9H2,1H3,(H2,18,19). The minimum absolute atomic E-state index is 0.317. The monoisotopic (exact) mass is 279 g/mol. The molecule has 3 nitrogen and oxygen atoms in total. The molecule has 1 heterocycles. The van der Waals surface area contributed by atoms with Crippen molar-refractivity contribution in [3.63, 3.8) is 0 Å². The van der Waals surface area contributed by atoms with Gasteiger partial charge in [-0.1, -0.05) is 12.8 Å². The van der Waals surface area contributed by atoms with Gasteiger partial charge in [0.05, 0.1) is 12.1 Å². The SMILES string of the molecule is CC1(c2cc(F)cc(F)c2)CN=C(N)N1C1CCCC1. The first-order chi connectivity index (χ1) is 9.50. The highest BCUT2D eigenvalue weighted by Gasteiger charge is 2.44. The van der Waals surface area contributed by atoms with Gasteiger partial charge in [-0.2, -0.15) is 0 Å². The molecule has 5 heteroatoms. The Kier molecular flexibility index (Phi) is 3.15. The molecule has 3 rings (SSSR count). The third-order valence-corrected chi connectivity index (χ3v) is 4.50. The van der Waals surface area contributed by atoms with Gasteiger partial charge in [-0.3, -0.25) is 4.99 Å². The van der Waals surface area contributed by atoms with Crippen molar-refractivity contribution in [2.75, 3.05) is 6.54 Å². The zero-order valence-electron chi connectivity index (χ0n) is 11.6. The first-order valence-electron chi connectivity index (χ1n) is 7.06. The maximum Gasteiger partial charge on any atom is 0.192 e. The smallest absolute Gasteiger partial charge is 0.192 e. The molecular formula is C15H19F2N3. The van der Waals surface area contributed by atoms with Crippen LogP contribution in [0.25, 0.3) is 0 Å². The number of hydrogen-bond donors (Lipinski definition) is 1. The van der Waals surface area contributed by atoms with E-state index in [4.69, 9.17) is 5.73 Å². The van der Waals surface area contributed by atoms with Crippen molar-refractivity contribution in [2.24, 2.45) is 10.7 Å². The summed E-state index contributed by atoms with van der Waals surface area (Å²) in [5.41, 5.74) is 6.09. The van der Waals surface area contributed by atoms with E-state index in [1.807, 2.05) is 6.92 Å². The number of nitrogens with zero attached hydrogens (tertiary/aromatic N) is 2. The van der Waals surface area contributed by atoms with Gasteiger partial charge in [0.15, 0.2) is 5.96 Å². The molecule has 1 aliphatic heterocycles. The number of rotatable bonds is 2. The fourth-order valence-electron chi connectivity index (χ4n) is 3.49. The van der Waals surface area contributed by atoms with E-state index in [-0.39, 0.29) is 0 Å². The molecular weight excluding hydrogens is 260 g/mol. The summed E-state index contributed by atoms with van der Waals surface area (Å²) in [7, 11) is 0. The Morgan fingerprint density at radius 3 is 2.40 bits per heavy atom. The van der Waals surface area contributed by atoms with Gasteiger partial charge < -0.3 is 10.6 Å². The maximum absolute atomic E-state index is 13.5. The highest BCUT2D eigenvalue weighted by Crippen LogP contribution is 2.39. The van der Waals surface area contributed by atoms with Crippen molar-refractivity contribution in [2.45, 2.75) is 44.2 Å². The van der Waals surface area contributed by atoms with Crippen LogP contribution in [0.5, 0.6) is 0 Å². The van der Waals surface area contributed by atoms with E-state index in [9.17, 15) is 8.78 Å². The highest BCUT2D eigenvalue weighted by atomic mass is 19.1. The third-order valence-electron chi connectivity index (χ3n) is 4.50. The summed E-state index contributed by atoms with van der Waals surface area (Å²) in [4.78, 5) is 6.39. The molecule has 0 aromatic heterocycles. The summed E-state index contributed by atoms with van der Waals surface area (Å²) in [5.74, 6) is -0.625. The fraction of sp³-hybridized carbons (Fsp3) is 0.533. The Balaban J connectivity index is 2.00. The Hall–Kier alpha value is -1.65. The van der Waals surface area contributed by atoms with Gasteiger partial charge in [0.1, 0.15) is 11.6 Å². The zero-order valence-corrected chi connectivity index (χ0v) is 11.6. The minimum atomic E-state index is -0.557. The summed E-state index contributed by atoms with van der Waals surface area (Å²) >= 11 is 0. The third kappa shape index (κ3) is 2.05. The number of guanidine groups is 1. The van der Waals surface area contributed by atoms with Gasteiger partial charge >= 0.3 is 0 Å². The van der Waals surface area contributed by atoms with Crippen LogP contribution in [-0.4, -0.2) is 23.4 Å². The second kappa shape index (κ2) is 4.72. The van der Waals surface area contributed by atoms with Crippen molar-refractivity contribution < 1.29 is 8.78 Å². The van der Waals surface area contributed by atoms with Gasteiger partial charge in [0, 0.05) is 12.1 Å². The first-order valence-corrected chi connectivity index (χ1v) is 7.06. The molecule has 1 saturated carbocycles. The van der Waals surface area contributed by atoms with Gasteiger partial charge in [0.25, 0.3) is 0 Å². The molecule has 0 saturated heterocycles. The van der Waals surface area contributed by atoms with Crippen LogP contribution in [0.4, 0.5) is 8.78 Å². The maximum atomic E-state index is 13.5. The lowest BCUT2D eigenvalue weighted by Gasteiger charge is -2.41. The van der Waals surface area contributed by atoms with E-state index in [0.717, 1.165) is 18.9 Å². The minimum Gasteiger partial charge on any atom is -0.370 e. The van der Waals surface area contributed by atoms with Crippen LogP contribution in [0.1, 0.15) is 38.2 Å². The number of halogens is 2. The lowest BCUT2D eigenvalue weighted by atomic mass is 9.89. The summed E-state index contributed by atoms with van der Waals surface area (Å²) < 4.78 is 27.1. The average molecular weight is 279 g/mol. The van der Waals surface area contributed by atoms with E-state index in [1.165, 1.54) is 25.0 Å². The molecule has 1 atom stereocenters. The lowest BCUT2D eigenvalue weighted by molar-refractivity contribution is 0.166. The molecule has 2 aliphatic rings. The van der Waals surface area contributed by atoms with Crippen LogP contribution < -0.4 is 5.73 Å². The molecule has 1 aromatic carbocycles. The van der Waals surface area contributed by atoms with Crippen molar-refractivity contribution >= 4 is 5.96 Å². The average Bonchev–Trinajstić information content (AvgIpc) is 2.97. The second-order valence-electron chi connectivity index (χ2n) is 5.91. The van der Waals surface area contributed by atoms with E-state index >= 15 is 0 Å². The van der Waals surface area contributed by atoms with Crippen LogP contribution in [0.2, 0.25) is 0 Å². The topological polar surface area (TPSA) is 41.6 Å². The molecule has 108 valence electrons. The largest absolute Gasteiger partial charge is 0.370 e. The second-order valence-corrected chi connectivity index (χ2v) is 5.91. The summed E-state index contributed by atoms with van der Waals surface area (Å²) in [6.07, 6.45) is 4.46. The Bertz CT molecular complexity index is 532. The predicted octanol–water partition coefficient (Wildman–Crippen LogP) is 2.75. The zero-order chi connectivity index (χ0) is 14.3. The number of benzene rings is 1. The fourth-order valence-corrected chi connectivity index (χ4v) is 3.49. The molecule has 0 amide bonds. The Labute approximate surface area is 117 Å².